The highest BCUT2D eigenvalue weighted by Crippen LogP contribution is 2.06. The maximum absolute atomic E-state index is 5.34. The minimum Gasteiger partial charge on any atom is -0.469 e. The van der Waals surface area contributed by atoms with Crippen LogP contribution in [-0.4, -0.2) is 10.6 Å². The second-order valence-corrected chi connectivity index (χ2v) is 4.35. The van der Waals surface area contributed by atoms with E-state index in [1.807, 2.05) is 12.1 Å². The number of hydrogen-bond acceptors (Lipinski definition) is 2. The van der Waals surface area contributed by atoms with E-state index in [0.717, 1.165) is 25.3 Å². The molecule has 0 amide bonds. The van der Waals surface area contributed by atoms with Crippen molar-refractivity contribution in [3.8, 4) is 0 Å². The fraction of sp³-hybridized carbons (Fsp3) is 0.429. The zero-order valence-electron chi connectivity index (χ0n) is 10.5. The van der Waals surface area contributed by atoms with Crippen molar-refractivity contribution in [1.29, 1.82) is 0 Å². The van der Waals surface area contributed by atoms with Crippen LogP contribution in [0.3, 0.4) is 0 Å². The molecule has 0 aliphatic heterocycles. The predicted octanol–water partition coefficient (Wildman–Crippen LogP) is 2.82. The molecule has 0 spiro atoms. The summed E-state index contributed by atoms with van der Waals surface area (Å²) in [6.45, 7) is 6.27. The van der Waals surface area contributed by atoms with Crippen molar-refractivity contribution in [2.45, 2.75) is 39.4 Å². The zero-order valence-corrected chi connectivity index (χ0v) is 10.5. The van der Waals surface area contributed by atoms with Crippen LogP contribution in [0.2, 0.25) is 0 Å². The lowest BCUT2D eigenvalue weighted by Gasteiger charge is -2.13. The largest absolute Gasteiger partial charge is 0.469 e. The molecule has 0 radical (unpaired) electrons. The number of aromatic nitrogens is 1. The van der Waals surface area contributed by atoms with Crippen LogP contribution in [0.15, 0.2) is 41.1 Å². The summed E-state index contributed by atoms with van der Waals surface area (Å²) in [4.78, 5) is 0. The Kier molecular flexibility index (Phi) is 4.04. The maximum Gasteiger partial charge on any atom is 0.105 e. The molecule has 0 aromatic carbocycles. The van der Waals surface area contributed by atoms with E-state index in [-0.39, 0.29) is 0 Å². The van der Waals surface area contributed by atoms with E-state index in [2.05, 4.69) is 42.1 Å². The summed E-state index contributed by atoms with van der Waals surface area (Å²) >= 11 is 0. The van der Waals surface area contributed by atoms with E-state index < -0.39 is 0 Å². The van der Waals surface area contributed by atoms with Gasteiger partial charge in [-0.05, 0) is 38.1 Å². The molecule has 17 heavy (non-hydrogen) atoms. The molecule has 3 heteroatoms. The first-order valence-electron chi connectivity index (χ1n) is 6.19. The molecule has 2 heterocycles. The van der Waals surface area contributed by atoms with Crippen molar-refractivity contribution in [2.75, 3.05) is 0 Å². The fourth-order valence-corrected chi connectivity index (χ4v) is 2.00. The molecular formula is C14H20N2O. The average molecular weight is 232 g/mol. The van der Waals surface area contributed by atoms with Gasteiger partial charge < -0.3 is 14.3 Å². The fourth-order valence-electron chi connectivity index (χ4n) is 2.00. The summed E-state index contributed by atoms with van der Waals surface area (Å²) in [5, 5.41) is 3.52. The van der Waals surface area contributed by atoms with Crippen molar-refractivity contribution < 1.29 is 4.42 Å². The Balaban J connectivity index is 1.82. The van der Waals surface area contributed by atoms with Gasteiger partial charge in [-0.1, -0.05) is 0 Å². The second-order valence-electron chi connectivity index (χ2n) is 4.35. The molecule has 3 nitrogen and oxygen atoms in total. The lowest BCUT2D eigenvalue weighted by Crippen LogP contribution is -2.28. The van der Waals surface area contributed by atoms with Gasteiger partial charge in [-0.25, -0.2) is 0 Å². The summed E-state index contributed by atoms with van der Waals surface area (Å²) in [6, 6.07) is 8.63. The van der Waals surface area contributed by atoms with E-state index in [9.17, 15) is 0 Å². The van der Waals surface area contributed by atoms with E-state index in [1.54, 1.807) is 6.26 Å². The molecule has 2 rings (SSSR count). The number of furan rings is 1. The first kappa shape index (κ1) is 12.0. The SMILES string of the molecule is CCn1cccc1CNC(C)Cc1ccco1. The van der Waals surface area contributed by atoms with Crippen molar-refractivity contribution >= 4 is 0 Å². The Hall–Kier alpha value is -1.48. The Morgan fingerprint density at radius 2 is 2.24 bits per heavy atom. The van der Waals surface area contributed by atoms with Crippen LogP contribution in [0.1, 0.15) is 25.3 Å². The summed E-state index contributed by atoms with van der Waals surface area (Å²) in [7, 11) is 0. The maximum atomic E-state index is 5.34. The van der Waals surface area contributed by atoms with E-state index >= 15 is 0 Å². The quantitative estimate of drug-likeness (QED) is 0.830. The van der Waals surface area contributed by atoms with Gasteiger partial charge in [-0.2, -0.15) is 0 Å². The lowest BCUT2D eigenvalue weighted by molar-refractivity contribution is 0.452. The molecule has 0 saturated heterocycles. The number of rotatable bonds is 6. The van der Waals surface area contributed by atoms with E-state index in [4.69, 9.17) is 4.42 Å². The van der Waals surface area contributed by atoms with Gasteiger partial charge in [0.15, 0.2) is 0 Å². The Morgan fingerprint density at radius 3 is 2.94 bits per heavy atom. The number of hydrogen-bond donors (Lipinski definition) is 1. The van der Waals surface area contributed by atoms with Crippen molar-refractivity contribution in [3.05, 3.63) is 48.2 Å². The standard InChI is InChI=1S/C14H20N2O/c1-3-16-8-4-6-13(16)11-15-12(2)10-14-7-5-9-17-14/h4-9,12,15H,3,10-11H2,1-2H3. The highest BCUT2D eigenvalue weighted by molar-refractivity contribution is 5.07. The molecule has 2 aromatic rings. The summed E-state index contributed by atoms with van der Waals surface area (Å²) in [6.07, 6.45) is 4.78. The lowest BCUT2D eigenvalue weighted by atomic mass is 10.2. The Labute approximate surface area is 102 Å². The van der Waals surface area contributed by atoms with Crippen LogP contribution in [-0.2, 0) is 19.5 Å². The summed E-state index contributed by atoms with van der Waals surface area (Å²) < 4.78 is 7.60. The molecule has 1 unspecified atom stereocenters. The van der Waals surface area contributed by atoms with Crippen molar-refractivity contribution in [2.24, 2.45) is 0 Å². The average Bonchev–Trinajstić information content (AvgIpc) is 2.96. The van der Waals surface area contributed by atoms with Gasteiger partial charge >= 0.3 is 0 Å². The first-order valence-corrected chi connectivity index (χ1v) is 6.19. The van der Waals surface area contributed by atoms with Gasteiger partial charge in [-0.15, -0.1) is 0 Å². The van der Waals surface area contributed by atoms with Crippen LogP contribution >= 0.6 is 0 Å². The predicted molar refractivity (Wildman–Crippen MR) is 68.8 cm³/mol. The topological polar surface area (TPSA) is 30.1 Å². The van der Waals surface area contributed by atoms with Crippen LogP contribution in [0, 0.1) is 0 Å². The second kappa shape index (κ2) is 5.73. The van der Waals surface area contributed by atoms with Crippen LogP contribution < -0.4 is 5.32 Å². The molecule has 0 fully saturated rings. The molecule has 0 aliphatic carbocycles. The van der Waals surface area contributed by atoms with Crippen LogP contribution in [0.25, 0.3) is 0 Å². The molecule has 0 aliphatic rings. The number of nitrogens with one attached hydrogen (secondary N) is 1. The highest BCUT2D eigenvalue weighted by Gasteiger charge is 2.06. The van der Waals surface area contributed by atoms with Gasteiger partial charge in [0.05, 0.1) is 6.26 Å². The molecule has 2 aromatic heterocycles. The molecule has 0 bridgehead atoms. The third kappa shape index (κ3) is 3.24. The first-order chi connectivity index (χ1) is 8.29. The van der Waals surface area contributed by atoms with Gasteiger partial charge in [0.2, 0.25) is 0 Å². The zero-order chi connectivity index (χ0) is 12.1. The van der Waals surface area contributed by atoms with Gasteiger partial charge in [-0.3, -0.25) is 0 Å². The van der Waals surface area contributed by atoms with Crippen LogP contribution in [0.4, 0.5) is 0 Å². The third-order valence-electron chi connectivity index (χ3n) is 2.98. The minimum atomic E-state index is 0.418. The molecule has 1 atom stereocenters. The third-order valence-corrected chi connectivity index (χ3v) is 2.98. The van der Waals surface area contributed by atoms with Crippen LogP contribution in [0.5, 0.6) is 0 Å². The normalized spacial score (nSPS) is 12.8. The summed E-state index contributed by atoms with van der Waals surface area (Å²) in [5.74, 6) is 1.04. The molecular weight excluding hydrogens is 212 g/mol. The minimum absolute atomic E-state index is 0.418. The molecule has 0 saturated carbocycles. The van der Waals surface area contributed by atoms with Gasteiger partial charge in [0.25, 0.3) is 0 Å². The van der Waals surface area contributed by atoms with Crippen molar-refractivity contribution in [1.82, 2.24) is 9.88 Å². The highest BCUT2D eigenvalue weighted by atomic mass is 16.3. The number of nitrogens with zero attached hydrogens (tertiary/aromatic N) is 1. The smallest absolute Gasteiger partial charge is 0.105 e. The molecule has 1 N–H and O–H groups in total. The van der Waals surface area contributed by atoms with Gasteiger partial charge in [0, 0.05) is 37.4 Å². The monoisotopic (exact) mass is 232 g/mol. The molecule has 92 valence electrons. The van der Waals surface area contributed by atoms with E-state index in [0.29, 0.717) is 6.04 Å². The Morgan fingerprint density at radius 1 is 1.35 bits per heavy atom. The van der Waals surface area contributed by atoms with Crippen molar-refractivity contribution in [3.63, 3.8) is 0 Å². The number of aryl methyl sites for hydroxylation is 1. The van der Waals surface area contributed by atoms with Gasteiger partial charge in [0.1, 0.15) is 5.76 Å². The Bertz CT molecular complexity index is 431. The van der Waals surface area contributed by atoms with E-state index in [1.165, 1.54) is 5.69 Å². The summed E-state index contributed by atoms with van der Waals surface area (Å²) in [5.41, 5.74) is 1.33.